The first-order valence-corrected chi connectivity index (χ1v) is 10.9. The summed E-state index contributed by atoms with van der Waals surface area (Å²) < 4.78 is 5.30. The standard InChI is InChI=1S/C26H24ClN3O3/c1-33-23-10-11-24-19(15-23)14-20(25(31)29-24)17-30(13-12-18-6-3-2-4-7-18)26(32)28-22-9-5-8-21(27)16-22/h2-11,14-16H,12-13,17H2,1H3,(H,28,32)(H,29,31). The number of ether oxygens (including phenoxy) is 1. The van der Waals surface area contributed by atoms with Crippen molar-refractivity contribution >= 4 is 34.2 Å². The van der Waals surface area contributed by atoms with Crippen LogP contribution in [-0.4, -0.2) is 29.6 Å². The van der Waals surface area contributed by atoms with E-state index in [-0.39, 0.29) is 18.1 Å². The van der Waals surface area contributed by atoms with E-state index in [9.17, 15) is 9.59 Å². The van der Waals surface area contributed by atoms with Gasteiger partial charge in [0.15, 0.2) is 0 Å². The molecule has 0 bridgehead atoms. The number of rotatable bonds is 7. The summed E-state index contributed by atoms with van der Waals surface area (Å²) in [6.45, 7) is 0.591. The van der Waals surface area contributed by atoms with Crippen molar-refractivity contribution < 1.29 is 9.53 Å². The van der Waals surface area contributed by atoms with Crippen molar-refractivity contribution in [2.45, 2.75) is 13.0 Å². The number of anilines is 1. The summed E-state index contributed by atoms with van der Waals surface area (Å²) in [6.07, 6.45) is 0.656. The van der Waals surface area contributed by atoms with Crippen molar-refractivity contribution in [2.75, 3.05) is 19.0 Å². The van der Waals surface area contributed by atoms with Crippen molar-refractivity contribution in [1.29, 1.82) is 0 Å². The highest BCUT2D eigenvalue weighted by molar-refractivity contribution is 6.30. The maximum Gasteiger partial charge on any atom is 0.322 e. The van der Waals surface area contributed by atoms with Gasteiger partial charge < -0.3 is 19.9 Å². The van der Waals surface area contributed by atoms with Crippen LogP contribution in [0.1, 0.15) is 11.1 Å². The van der Waals surface area contributed by atoms with Crippen molar-refractivity contribution in [3.63, 3.8) is 0 Å². The summed E-state index contributed by atoms with van der Waals surface area (Å²) >= 11 is 6.06. The van der Waals surface area contributed by atoms with Crippen molar-refractivity contribution in [1.82, 2.24) is 9.88 Å². The number of hydrogen-bond donors (Lipinski definition) is 2. The molecule has 0 aliphatic heterocycles. The van der Waals surface area contributed by atoms with Crippen molar-refractivity contribution in [3.8, 4) is 5.75 Å². The molecule has 168 valence electrons. The Morgan fingerprint density at radius 3 is 2.61 bits per heavy atom. The van der Waals surface area contributed by atoms with E-state index < -0.39 is 0 Å². The first-order valence-electron chi connectivity index (χ1n) is 10.6. The van der Waals surface area contributed by atoms with Crippen LogP contribution < -0.4 is 15.6 Å². The Morgan fingerprint density at radius 1 is 1.03 bits per heavy atom. The van der Waals surface area contributed by atoms with E-state index in [0.717, 1.165) is 10.9 Å². The van der Waals surface area contributed by atoms with Gasteiger partial charge in [-0.05, 0) is 54.4 Å². The summed E-state index contributed by atoms with van der Waals surface area (Å²) in [6, 6.07) is 23.8. The second kappa shape index (κ2) is 10.2. The molecule has 2 N–H and O–H groups in total. The summed E-state index contributed by atoms with van der Waals surface area (Å²) in [4.78, 5) is 30.5. The van der Waals surface area contributed by atoms with E-state index in [0.29, 0.717) is 40.5 Å². The van der Waals surface area contributed by atoms with E-state index in [1.54, 1.807) is 54.5 Å². The van der Waals surface area contributed by atoms with E-state index in [1.165, 1.54) is 0 Å². The fourth-order valence-electron chi connectivity index (χ4n) is 3.61. The third-order valence-corrected chi connectivity index (χ3v) is 5.60. The smallest absolute Gasteiger partial charge is 0.322 e. The largest absolute Gasteiger partial charge is 0.497 e. The number of aromatic amines is 1. The topological polar surface area (TPSA) is 74.4 Å². The monoisotopic (exact) mass is 461 g/mol. The van der Waals surface area contributed by atoms with Crippen LogP contribution in [0.2, 0.25) is 5.02 Å². The Morgan fingerprint density at radius 2 is 1.85 bits per heavy atom. The molecule has 2 amide bonds. The third kappa shape index (κ3) is 5.73. The van der Waals surface area contributed by atoms with Gasteiger partial charge >= 0.3 is 6.03 Å². The van der Waals surface area contributed by atoms with Gasteiger partial charge in [0.1, 0.15) is 5.75 Å². The fraction of sp³-hybridized carbons (Fsp3) is 0.154. The number of halogens is 1. The van der Waals surface area contributed by atoms with Crippen LogP contribution in [0.25, 0.3) is 10.9 Å². The number of carbonyl (C=O) groups is 1. The highest BCUT2D eigenvalue weighted by atomic mass is 35.5. The van der Waals surface area contributed by atoms with E-state index in [2.05, 4.69) is 10.3 Å². The maximum absolute atomic E-state index is 13.2. The van der Waals surface area contributed by atoms with Crippen LogP contribution in [0.15, 0.2) is 83.7 Å². The zero-order valence-corrected chi connectivity index (χ0v) is 18.9. The Labute approximate surface area is 196 Å². The lowest BCUT2D eigenvalue weighted by Gasteiger charge is -2.23. The maximum atomic E-state index is 13.2. The molecule has 0 fully saturated rings. The SMILES string of the molecule is COc1ccc2[nH]c(=O)c(CN(CCc3ccccc3)C(=O)Nc3cccc(Cl)c3)cc2c1. The predicted octanol–water partition coefficient (Wildman–Crippen LogP) is 5.47. The van der Waals surface area contributed by atoms with Gasteiger partial charge in [-0.2, -0.15) is 0 Å². The predicted molar refractivity (Wildman–Crippen MR) is 132 cm³/mol. The number of aromatic nitrogens is 1. The van der Waals surface area contributed by atoms with Crippen LogP contribution in [-0.2, 0) is 13.0 Å². The second-order valence-electron chi connectivity index (χ2n) is 7.67. The zero-order chi connectivity index (χ0) is 23.2. The normalized spacial score (nSPS) is 10.7. The van der Waals surface area contributed by atoms with E-state index >= 15 is 0 Å². The first kappa shape index (κ1) is 22.4. The number of carbonyl (C=O) groups excluding carboxylic acids is 1. The number of urea groups is 1. The highest BCUT2D eigenvalue weighted by Gasteiger charge is 2.17. The van der Waals surface area contributed by atoms with Crippen LogP contribution in [0, 0.1) is 0 Å². The number of methoxy groups -OCH3 is 1. The van der Waals surface area contributed by atoms with Gasteiger partial charge in [-0.25, -0.2) is 4.79 Å². The van der Waals surface area contributed by atoms with Gasteiger partial charge in [0.2, 0.25) is 0 Å². The average molecular weight is 462 g/mol. The summed E-state index contributed by atoms with van der Waals surface area (Å²) in [5.41, 5.74) is 2.67. The second-order valence-corrected chi connectivity index (χ2v) is 8.11. The summed E-state index contributed by atoms with van der Waals surface area (Å²) in [5, 5.41) is 4.25. The van der Waals surface area contributed by atoms with Crippen LogP contribution in [0.5, 0.6) is 5.75 Å². The number of benzene rings is 3. The van der Waals surface area contributed by atoms with Crippen LogP contribution in [0.3, 0.4) is 0 Å². The molecule has 1 aromatic heterocycles. The summed E-state index contributed by atoms with van der Waals surface area (Å²) in [5.74, 6) is 0.695. The average Bonchev–Trinajstić information content (AvgIpc) is 2.82. The van der Waals surface area contributed by atoms with Crippen molar-refractivity contribution in [3.05, 3.63) is 105 Å². The molecule has 0 saturated carbocycles. The van der Waals surface area contributed by atoms with Gasteiger partial charge in [0.25, 0.3) is 5.56 Å². The molecular formula is C26H24ClN3O3. The van der Waals surface area contributed by atoms with Crippen molar-refractivity contribution in [2.24, 2.45) is 0 Å². The molecule has 0 spiro atoms. The molecule has 3 aromatic carbocycles. The summed E-state index contributed by atoms with van der Waals surface area (Å²) in [7, 11) is 1.60. The molecule has 0 radical (unpaired) electrons. The number of fused-ring (bicyclic) bond motifs is 1. The number of hydrogen-bond acceptors (Lipinski definition) is 3. The van der Waals surface area contributed by atoms with E-state index in [4.69, 9.17) is 16.3 Å². The van der Waals surface area contributed by atoms with Gasteiger partial charge in [0.05, 0.1) is 13.7 Å². The third-order valence-electron chi connectivity index (χ3n) is 5.37. The quantitative estimate of drug-likeness (QED) is 0.383. The molecule has 4 aromatic rings. The van der Waals surface area contributed by atoms with E-state index in [1.807, 2.05) is 36.4 Å². The number of nitrogens with one attached hydrogen (secondary N) is 2. The van der Waals surface area contributed by atoms with Gasteiger partial charge in [-0.3, -0.25) is 4.79 Å². The fourth-order valence-corrected chi connectivity index (χ4v) is 3.80. The molecular weight excluding hydrogens is 438 g/mol. The first-order chi connectivity index (χ1) is 16.0. The van der Waals surface area contributed by atoms with Gasteiger partial charge in [0, 0.05) is 33.7 Å². The zero-order valence-electron chi connectivity index (χ0n) is 18.2. The molecule has 0 aliphatic carbocycles. The Balaban J connectivity index is 1.61. The highest BCUT2D eigenvalue weighted by Crippen LogP contribution is 2.20. The number of amides is 2. The molecule has 0 saturated heterocycles. The number of nitrogens with zero attached hydrogens (tertiary/aromatic N) is 1. The number of H-pyrrole nitrogens is 1. The Kier molecular flexibility index (Phi) is 6.95. The van der Waals surface area contributed by atoms with Crippen LogP contribution >= 0.6 is 11.6 Å². The minimum atomic E-state index is -0.307. The van der Waals surface area contributed by atoms with Gasteiger partial charge in [-0.15, -0.1) is 0 Å². The molecule has 6 nitrogen and oxygen atoms in total. The van der Waals surface area contributed by atoms with Crippen LogP contribution in [0.4, 0.5) is 10.5 Å². The Hall–Kier alpha value is -3.77. The molecule has 0 aliphatic rings. The lowest BCUT2D eigenvalue weighted by atomic mass is 10.1. The minimum absolute atomic E-state index is 0.154. The minimum Gasteiger partial charge on any atom is -0.497 e. The van der Waals surface area contributed by atoms with Gasteiger partial charge in [-0.1, -0.05) is 48.0 Å². The molecule has 0 atom stereocenters. The molecule has 1 heterocycles. The Bertz CT molecular complexity index is 1320. The number of pyridine rings is 1. The molecule has 7 heteroatoms. The lowest BCUT2D eigenvalue weighted by Crippen LogP contribution is -2.37. The molecule has 33 heavy (non-hydrogen) atoms. The molecule has 4 rings (SSSR count). The molecule has 0 unspecified atom stereocenters. The lowest BCUT2D eigenvalue weighted by molar-refractivity contribution is 0.209.